The average molecular weight is 298 g/mol. The van der Waals surface area contributed by atoms with Crippen molar-refractivity contribution in [2.45, 2.75) is 19.6 Å². The number of halogens is 3. The van der Waals surface area contributed by atoms with Crippen LogP contribution in [0.1, 0.15) is 17.4 Å². The minimum atomic E-state index is -4.37. The molecular formula is C13H13F3N4O. The van der Waals surface area contributed by atoms with Crippen LogP contribution in [0.3, 0.4) is 0 Å². The molecule has 0 saturated carbocycles. The van der Waals surface area contributed by atoms with Crippen molar-refractivity contribution in [3.63, 3.8) is 0 Å². The highest BCUT2D eigenvalue weighted by Gasteiger charge is 2.29. The van der Waals surface area contributed by atoms with Crippen LogP contribution in [0.25, 0.3) is 0 Å². The second-order valence-corrected chi connectivity index (χ2v) is 4.27. The van der Waals surface area contributed by atoms with Crippen molar-refractivity contribution >= 4 is 11.6 Å². The number of hydrogen-bond acceptors (Lipinski definition) is 3. The van der Waals surface area contributed by atoms with Gasteiger partial charge in [-0.25, -0.2) is 0 Å². The standard InChI is InChI=1S/C13H13F3N4O/c1-2-20(10-4-3-6-17-8-10)12(21)11-5-7-19(18-11)9-13(14,15)16/h3-8H,2,9H2,1H3. The first-order valence-corrected chi connectivity index (χ1v) is 6.23. The van der Waals surface area contributed by atoms with Gasteiger partial charge in [0.15, 0.2) is 5.69 Å². The molecule has 0 aliphatic heterocycles. The molecule has 0 spiro atoms. The third kappa shape index (κ3) is 3.80. The fraction of sp³-hybridized carbons (Fsp3) is 0.308. The van der Waals surface area contributed by atoms with E-state index in [1.165, 1.54) is 17.2 Å². The lowest BCUT2D eigenvalue weighted by Gasteiger charge is -2.19. The topological polar surface area (TPSA) is 51.0 Å². The predicted octanol–water partition coefficient (Wildman–Crippen LogP) is 2.51. The maximum Gasteiger partial charge on any atom is 0.408 e. The zero-order chi connectivity index (χ0) is 15.5. The van der Waals surface area contributed by atoms with Crippen molar-refractivity contribution < 1.29 is 18.0 Å². The van der Waals surface area contributed by atoms with Crippen molar-refractivity contribution in [3.05, 3.63) is 42.5 Å². The monoisotopic (exact) mass is 298 g/mol. The SMILES string of the molecule is CCN(C(=O)c1ccn(CC(F)(F)F)n1)c1cccnc1. The fourth-order valence-corrected chi connectivity index (χ4v) is 1.84. The lowest BCUT2D eigenvalue weighted by atomic mass is 10.3. The summed E-state index contributed by atoms with van der Waals surface area (Å²) in [5, 5.41) is 3.67. The second kappa shape index (κ2) is 5.94. The van der Waals surface area contributed by atoms with Crippen LogP contribution >= 0.6 is 0 Å². The first-order valence-electron chi connectivity index (χ1n) is 6.23. The van der Waals surface area contributed by atoms with Crippen LogP contribution in [0.15, 0.2) is 36.8 Å². The van der Waals surface area contributed by atoms with Crippen molar-refractivity contribution in [2.75, 3.05) is 11.4 Å². The Kier molecular flexibility index (Phi) is 4.25. The summed E-state index contributed by atoms with van der Waals surface area (Å²) in [4.78, 5) is 17.6. The summed E-state index contributed by atoms with van der Waals surface area (Å²) in [6.45, 7) is 0.896. The van der Waals surface area contributed by atoms with Crippen LogP contribution < -0.4 is 4.90 Å². The van der Waals surface area contributed by atoms with Crippen LogP contribution in [0.5, 0.6) is 0 Å². The van der Waals surface area contributed by atoms with Gasteiger partial charge in [0.25, 0.3) is 5.91 Å². The number of carbonyl (C=O) groups excluding carboxylic acids is 1. The molecular weight excluding hydrogens is 285 g/mol. The van der Waals surface area contributed by atoms with E-state index in [1.807, 2.05) is 0 Å². The number of hydrogen-bond donors (Lipinski definition) is 0. The highest BCUT2D eigenvalue weighted by Crippen LogP contribution is 2.18. The molecule has 8 heteroatoms. The van der Waals surface area contributed by atoms with Crippen LogP contribution in [0.4, 0.5) is 18.9 Å². The van der Waals surface area contributed by atoms with Crippen molar-refractivity contribution in [3.8, 4) is 0 Å². The molecule has 2 aromatic heterocycles. The van der Waals surface area contributed by atoms with E-state index in [-0.39, 0.29) is 5.69 Å². The van der Waals surface area contributed by atoms with E-state index in [0.29, 0.717) is 16.9 Å². The Morgan fingerprint density at radius 2 is 2.14 bits per heavy atom. The van der Waals surface area contributed by atoms with Gasteiger partial charge in [-0.3, -0.25) is 14.5 Å². The fourth-order valence-electron chi connectivity index (χ4n) is 1.84. The lowest BCUT2D eigenvalue weighted by molar-refractivity contribution is -0.142. The van der Waals surface area contributed by atoms with Crippen LogP contribution in [-0.2, 0) is 6.54 Å². The van der Waals surface area contributed by atoms with Gasteiger partial charge < -0.3 is 4.90 Å². The molecule has 0 bridgehead atoms. The predicted molar refractivity (Wildman–Crippen MR) is 69.9 cm³/mol. The highest BCUT2D eigenvalue weighted by molar-refractivity contribution is 6.04. The number of anilines is 1. The van der Waals surface area contributed by atoms with E-state index in [0.717, 1.165) is 6.20 Å². The van der Waals surface area contributed by atoms with E-state index in [1.54, 1.807) is 25.3 Å². The Balaban J connectivity index is 2.19. The molecule has 0 aromatic carbocycles. The molecule has 112 valence electrons. The molecule has 2 rings (SSSR count). The molecule has 0 atom stereocenters. The first-order chi connectivity index (χ1) is 9.90. The second-order valence-electron chi connectivity index (χ2n) is 4.27. The van der Waals surface area contributed by atoms with E-state index >= 15 is 0 Å². The Morgan fingerprint density at radius 3 is 2.71 bits per heavy atom. The Morgan fingerprint density at radius 1 is 1.38 bits per heavy atom. The van der Waals surface area contributed by atoms with E-state index < -0.39 is 18.6 Å². The molecule has 5 nitrogen and oxygen atoms in total. The summed E-state index contributed by atoms with van der Waals surface area (Å²) >= 11 is 0. The molecule has 0 fully saturated rings. The van der Waals surface area contributed by atoms with Gasteiger partial charge in [-0.2, -0.15) is 18.3 Å². The number of pyridine rings is 1. The van der Waals surface area contributed by atoms with Gasteiger partial charge >= 0.3 is 6.18 Å². The molecule has 0 aliphatic rings. The van der Waals surface area contributed by atoms with Crippen molar-refractivity contribution in [1.82, 2.24) is 14.8 Å². The van der Waals surface area contributed by atoms with E-state index in [4.69, 9.17) is 0 Å². The molecule has 21 heavy (non-hydrogen) atoms. The maximum absolute atomic E-state index is 12.3. The van der Waals surface area contributed by atoms with Crippen LogP contribution in [0, 0.1) is 0 Å². The zero-order valence-corrected chi connectivity index (χ0v) is 11.2. The van der Waals surface area contributed by atoms with Crippen LogP contribution in [-0.4, -0.2) is 33.4 Å². The molecule has 0 N–H and O–H groups in total. The number of alkyl halides is 3. The summed E-state index contributed by atoms with van der Waals surface area (Å²) in [5.41, 5.74) is 0.528. The number of carbonyl (C=O) groups is 1. The molecule has 0 aliphatic carbocycles. The highest BCUT2D eigenvalue weighted by atomic mass is 19.4. The lowest BCUT2D eigenvalue weighted by Crippen LogP contribution is -2.31. The zero-order valence-electron chi connectivity index (χ0n) is 11.2. The molecule has 0 saturated heterocycles. The van der Waals surface area contributed by atoms with Gasteiger partial charge in [-0.05, 0) is 25.1 Å². The molecule has 1 amide bonds. The van der Waals surface area contributed by atoms with E-state index in [2.05, 4.69) is 10.1 Å². The first kappa shape index (κ1) is 15.0. The summed E-state index contributed by atoms with van der Waals surface area (Å²) in [7, 11) is 0. The molecule has 2 heterocycles. The normalized spacial score (nSPS) is 11.4. The van der Waals surface area contributed by atoms with Gasteiger partial charge in [0.1, 0.15) is 6.54 Å². The van der Waals surface area contributed by atoms with Gasteiger partial charge in [-0.15, -0.1) is 0 Å². The van der Waals surface area contributed by atoms with Gasteiger partial charge in [0.2, 0.25) is 0 Å². The molecule has 2 aromatic rings. The Bertz CT molecular complexity index is 609. The summed E-state index contributed by atoms with van der Waals surface area (Å²) in [6, 6.07) is 4.64. The third-order valence-corrected chi connectivity index (χ3v) is 2.72. The summed E-state index contributed by atoms with van der Waals surface area (Å²) in [5.74, 6) is -0.466. The third-order valence-electron chi connectivity index (χ3n) is 2.72. The number of aromatic nitrogens is 3. The molecule has 0 unspecified atom stereocenters. The number of amides is 1. The average Bonchev–Trinajstić information content (AvgIpc) is 2.87. The Labute approximate surface area is 119 Å². The number of nitrogens with zero attached hydrogens (tertiary/aromatic N) is 4. The van der Waals surface area contributed by atoms with Crippen molar-refractivity contribution in [2.24, 2.45) is 0 Å². The Hall–Kier alpha value is -2.38. The van der Waals surface area contributed by atoms with Gasteiger partial charge in [-0.1, -0.05) is 0 Å². The van der Waals surface area contributed by atoms with Gasteiger partial charge in [0, 0.05) is 18.9 Å². The van der Waals surface area contributed by atoms with Gasteiger partial charge in [0.05, 0.1) is 11.9 Å². The quantitative estimate of drug-likeness (QED) is 0.871. The number of rotatable bonds is 4. The van der Waals surface area contributed by atoms with Crippen molar-refractivity contribution in [1.29, 1.82) is 0 Å². The summed E-state index contributed by atoms with van der Waals surface area (Å²) in [6.07, 6.45) is -0.161. The molecule has 0 radical (unpaired) electrons. The smallest absolute Gasteiger partial charge is 0.306 e. The minimum absolute atomic E-state index is 0.0371. The minimum Gasteiger partial charge on any atom is -0.306 e. The van der Waals surface area contributed by atoms with Crippen LogP contribution in [0.2, 0.25) is 0 Å². The largest absolute Gasteiger partial charge is 0.408 e. The van der Waals surface area contributed by atoms with E-state index in [9.17, 15) is 18.0 Å². The summed E-state index contributed by atoms with van der Waals surface area (Å²) < 4.78 is 37.5. The maximum atomic E-state index is 12.3.